The summed E-state index contributed by atoms with van der Waals surface area (Å²) in [5, 5.41) is 13.0. The van der Waals surface area contributed by atoms with Gasteiger partial charge in [-0.1, -0.05) is 0 Å². The molecule has 1 aromatic rings. The van der Waals surface area contributed by atoms with Crippen molar-refractivity contribution in [2.24, 2.45) is 0 Å². The van der Waals surface area contributed by atoms with Crippen LogP contribution in [0, 0.1) is 0 Å². The van der Waals surface area contributed by atoms with E-state index in [9.17, 15) is 9.90 Å². The molecule has 1 saturated heterocycles. The molecule has 2 aliphatic rings. The Kier molecular flexibility index (Phi) is 5.29. The summed E-state index contributed by atoms with van der Waals surface area (Å²) in [6, 6.07) is 2.24. The maximum absolute atomic E-state index is 12.6. The summed E-state index contributed by atoms with van der Waals surface area (Å²) in [6.45, 7) is 8.49. The van der Waals surface area contributed by atoms with Gasteiger partial charge >= 0.3 is 6.03 Å². The number of carbonyl (C=O) groups is 1. The molecule has 0 bridgehead atoms. The van der Waals surface area contributed by atoms with E-state index >= 15 is 0 Å². The lowest BCUT2D eigenvalue weighted by atomic mass is 9.96. The fourth-order valence-electron chi connectivity index (χ4n) is 3.77. The van der Waals surface area contributed by atoms with Gasteiger partial charge in [0.05, 0.1) is 17.5 Å². The monoisotopic (exact) mass is 346 g/mol. The Hall–Kier alpha value is -1.66. The highest BCUT2D eigenvalue weighted by molar-refractivity contribution is 5.89. The predicted molar refractivity (Wildman–Crippen MR) is 98.8 cm³/mol. The van der Waals surface area contributed by atoms with E-state index in [1.807, 2.05) is 18.7 Å². The van der Waals surface area contributed by atoms with E-state index in [2.05, 4.69) is 28.2 Å². The number of rotatable bonds is 3. The van der Waals surface area contributed by atoms with Crippen LogP contribution >= 0.6 is 0 Å². The molecule has 1 aromatic heterocycles. The van der Waals surface area contributed by atoms with Gasteiger partial charge in [0, 0.05) is 37.9 Å². The maximum Gasteiger partial charge on any atom is 0.321 e. The minimum absolute atomic E-state index is 0.0627. The molecule has 2 N–H and O–H groups in total. The van der Waals surface area contributed by atoms with Crippen molar-refractivity contribution in [2.45, 2.75) is 58.1 Å². The van der Waals surface area contributed by atoms with Crippen LogP contribution in [0.1, 0.15) is 44.9 Å². The predicted octanol–water partition coefficient (Wildman–Crippen LogP) is 2.27. The molecular formula is C19H30N4O2. The van der Waals surface area contributed by atoms with Crippen LogP contribution < -0.4 is 5.32 Å². The zero-order valence-corrected chi connectivity index (χ0v) is 15.6. The Morgan fingerprint density at radius 3 is 2.84 bits per heavy atom. The van der Waals surface area contributed by atoms with Gasteiger partial charge in [-0.2, -0.15) is 0 Å². The minimum Gasteiger partial charge on any atom is -0.389 e. The van der Waals surface area contributed by atoms with Gasteiger partial charge in [0.15, 0.2) is 0 Å². The molecule has 6 nitrogen and oxygen atoms in total. The van der Waals surface area contributed by atoms with Gasteiger partial charge < -0.3 is 15.3 Å². The topological polar surface area (TPSA) is 68.7 Å². The number of carbonyl (C=O) groups excluding carboxylic acids is 1. The summed E-state index contributed by atoms with van der Waals surface area (Å²) < 4.78 is 0. The lowest BCUT2D eigenvalue weighted by Gasteiger charge is -2.41. The molecule has 0 saturated carbocycles. The van der Waals surface area contributed by atoms with Crippen LogP contribution in [0.4, 0.5) is 10.5 Å². The van der Waals surface area contributed by atoms with Crippen LogP contribution in [-0.2, 0) is 12.8 Å². The molecule has 138 valence electrons. The maximum atomic E-state index is 12.6. The Morgan fingerprint density at radius 2 is 2.12 bits per heavy atom. The third-order valence-corrected chi connectivity index (χ3v) is 5.06. The molecule has 1 fully saturated rings. The molecule has 0 spiro atoms. The van der Waals surface area contributed by atoms with Crippen molar-refractivity contribution in [3.63, 3.8) is 0 Å². The first kappa shape index (κ1) is 18.1. The van der Waals surface area contributed by atoms with E-state index < -0.39 is 5.60 Å². The van der Waals surface area contributed by atoms with Crippen molar-refractivity contribution in [1.82, 2.24) is 14.8 Å². The molecule has 1 aliphatic carbocycles. The van der Waals surface area contributed by atoms with Crippen LogP contribution in [0.15, 0.2) is 12.3 Å². The summed E-state index contributed by atoms with van der Waals surface area (Å²) >= 11 is 0. The molecule has 0 aromatic carbocycles. The lowest BCUT2D eigenvalue weighted by Crippen LogP contribution is -2.57. The highest BCUT2D eigenvalue weighted by Gasteiger charge is 2.30. The minimum atomic E-state index is -0.715. The Morgan fingerprint density at radius 1 is 1.36 bits per heavy atom. The average molecular weight is 346 g/mol. The van der Waals surface area contributed by atoms with E-state index in [0.29, 0.717) is 19.6 Å². The summed E-state index contributed by atoms with van der Waals surface area (Å²) in [5.41, 5.74) is 2.52. The molecule has 2 heterocycles. The molecule has 1 aliphatic heterocycles. The number of hydrogen-bond donors (Lipinski definition) is 2. The number of fused-ring (bicyclic) bond motifs is 1. The molecule has 3 rings (SSSR count). The normalized spacial score (nSPS) is 21.8. The quantitative estimate of drug-likeness (QED) is 0.881. The van der Waals surface area contributed by atoms with Crippen molar-refractivity contribution < 1.29 is 9.90 Å². The van der Waals surface area contributed by atoms with E-state index in [4.69, 9.17) is 0 Å². The van der Waals surface area contributed by atoms with Crippen LogP contribution in [0.2, 0.25) is 0 Å². The molecular weight excluding hydrogens is 316 g/mol. The fraction of sp³-hybridized carbons (Fsp3) is 0.684. The van der Waals surface area contributed by atoms with Crippen LogP contribution in [0.5, 0.6) is 0 Å². The molecule has 25 heavy (non-hydrogen) atoms. The zero-order chi connectivity index (χ0) is 18.0. The number of hydrogen-bond acceptors (Lipinski definition) is 4. The number of anilines is 1. The number of nitrogens with one attached hydrogen (secondary N) is 1. The van der Waals surface area contributed by atoms with Gasteiger partial charge in [0.2, 0.25) is 0 Å². The number of urea groups is 1. The lowest BCUT2D eigenvalue weighted by molar-refractivity contribution is 0.00377. The second-order valence-corrected chi connectivity index (χ2v) is 8.05. The van der Waals surface area contributed by atoms with Crippen molar-refractivity contribution in [3.8, 4) is 0 Å². The number of aromatic nitrogens is 1. The van der Waals surface area contributed by atoms with E-state index in [1.165, 1.54) is 24.1 Å². The van der Waals surface area contributed by atoms with Crippen LogP contribution in [-0.4, -0.2) is 63.7 Å². The summed E-state index contributed by atoms with van der Waals surface area (Å²) in [4.78, 5) is 21.2. The summed E-state index contributed by atoms with van der Waals surface area (Å²) in [6.07, 6.45) is 6.28. The number of aryl methyl sites for hydroxylation is 2. The summed E-state index contributed by atoms with van der Waals surface area (Å²) in [7, 11) is 0. The first-order chi connectivity index (χ1) is 11.8. The molecule has 6 heteroatoms. The van der Waals surface area contributed by atoms with Gasteiger partial charge in [0.25, 0.3) is 0 Å². The Labute approximate surface area is 150 Å². The third kappa shape index (κ3) is 4.70. The van der Waals surface area contributed by atoms with Gasteiger partial charge in [-0.15, -0.1) is 0 Å². The van der Waals surface area contributed by atoms with E-state index in [-0.39, 0.29) is 12.1 Å². The smallest absolute Gasteiger partial charge is 0.321 e. The van der Waals surface area contributed by atoms with Gasteiger partial charge in [-0.25, -0.2) is 4.79 Å². The largest absolute Gasteiger partial charge is 0.389 e. The second kappa shape index (κ2) is 7.30. The van der Waals surface area contributed by atoms with E-state index in [0.717, 1.165) is 25.1 Å². The fourth-order valence-corrected chi connectivity index (χ4v) is 3.77. The number of β-amino-alcohol motifs (C(OH)–C–C–N with tert-alkyl or cyclic N) is 1. The number of piperazine rings is 1. The zero-order valence-electron chi connectivity index (χ0n) is 15.6. The SMILES string of the molecule is CC1CN(C(=O)Nc2cnc3c(c2)CCCC3)CCN1CC(C)(C)O. The van der Waals surface area contributed by atoms with Gasteiger partial charge in [-0.05, 0) is 58.1 Å². The van der Waals surface area contributed by atoms with E-state index in [1.54, 1.807) is 6.20 Å². The van der Waals surface area contributed by atoms with Crippen LogP contribution in [0.3, 0.4) is 0 Å². The average Bonchev–Trinajstić information content (AvgIpc) is 2.55. The number of amides is 2. The highest BCUT2D eigenvalue weighted by atomic mass is 16.3. The second-order valence-electron chi connectivity index (χ2n) is 8.05. The van der Waals surface area contributed by atoms with Gasteiger partial charge in [0.1, 0.15) is 0 Å². The molecule has 1 unspecified atom stereocenters. The molecule has 2 amide bonds. The van der Waals surface area contributed by atoms with Crippen LogP contribution in [0.25, 0.3) is 0 Å². The molecule has 1 atom stereocenters. The Bertz CT molecular complexity index is 626. The number of aliphatic hydroxyl groups is 1. The van der Waals surface area contributed by atoms with Gasteiger partial charge in [-0.3, -0.25) is 9.88 Å². The number of nitrogens with zero attached hydrogens (tertiary/aromatic N) is 3. The first-order valence-electron chi connectivity index (χ1n) is 9.32. The van der Waals surface area contributed by atoms with Crippen molar-refractivity contribution in [2.75, 3.05) is 31.5 Å². The highest BCUT2D eigenvalue weighted by Crippen LogP contribution is 2.22. The van der Waals surface area contributed by atoms with Crippen molar-refractivity contribution in [1.29, 1.82) is 0 Å². The van der Waals surface area contributed by atoms with Crippen molar-refractivity contribution >= 4 is 11.7 Å². The first-order valence-corrected chi connectivity index (χ1v) is 9.32. The van der Waals surface area contributed by atoms with Crippen molar-refractivity contribution in [3.05, 3.63) is 23.5 Å². The third-order valence-electron chi connectivity index (χ3n) is 5.06. The number of pyridine rings is 1. The summed E-state index contributed by atoms with van der Waals surface area (Å²) in [5.74, 6) is 0. The molecule has 0 radical (unpaired) electrons. The standard InChI is InChI=1S/C19H30N4O2/c1-14-12-22(8-9-23(14)13-19(2,3)25)18(24)21-16-10-15-6-4-5-7-17(15)20-11-16/h10-11,14,25H,4-9,12-13H2,1-3H3,(H,21,24). The Balaban J connectivity index is 1.57.